The first-order valence-electron chi connectivity index (χ1n) is 5.05. The van der Waals surface area contributed by atoms with E-state index in [0.29, 0.717) is 11.2 Å². The Kier molecular flexibility index (Phi) is 5.61. The summed E-state index contributed by atoms with van der Waals surface area (Å²) in [6.45, 7) is 3.74. The van der Waals surface area contributed by atoms with Crippen LogP contribution in [0.3, 0.4) is 0 Å². The van der Waals surface area contributed by atoms with Crippen molar-refractivity contribution in [1.82, 2.24) is 10.3 Å². The van der Waals surface area contributed by atoms with Gasteiger partial charge in [0, 0.05) is 32.5 Å². The van der Waals surface area contributed by atoms with E-state index in [2.05, 4.69) is 17.2 Å². The molecule has 0 amide bonds. The van der Waals surface area contributed by atoms with Gasteiger partial charge < -0.3 is 10.1 Å². The summed E-state index contributed by atoms with van der Waals surface area (Å²) in [5, 5.41) is 3.92. The minimum absolute atomic E-state index is 0.445. The van der Waals surface area contributed by atoms with Crippen molar-refractivity contribution in [2.24, 2.45) is 0 Å². The minimum atomic E-state index is 0.445. The monoisotopic (exact) mass is 228 g/mol. The van der Waals surface area contributed by atoms with Crippen LogP contribution in [0.5, 0.6) is 0 Å². The van der Waals surface area contributed by atoms with Crippen LogP contribution in [0.2, 0.25) is 5.15 Å². The average Bonchev–Trinajstić information content (AvgIpc) is 2.25. The Morgan fingerprint density at radius 2 is 2.33 bits per heavy atom. The van der Waals surface area contributed by atoms with Gasteiger partial charge in [0.2, 0.25) is 0 Å². The summed E-state index contributed by atoms with van der Waals surface area (Å²) in [7, 11) is 1.72. The van der Waals surface area contributed by atoms with Crippen LogP contribution in [-0.2, 0) is 11.3 Å². The van der Waals surface area contributed by atoms with Crippen LogP contribution in [0.4, 0.5) is 0 Å². The fourth-order valence-electron chi connectivity index (χ4n) is 1.20. The molecule has 0 saturated heterocycles. The second-order valence-electron chi connectivity index (χ2n) is 3.55. The number of methoxy groups -OCH3 is 1. The van der Waals surface area contributed by atoms with Gasteiger partial charge in [-0.2, -0.15) is 0 Å². The normalized spacial score (nSPS) is 12.7. The van der Waals surface area contributed by atoms with E-state index in [4.69, 9.17) is 16.3 Å². The summed E-state index contributed by atoms with van der Waals surface area (Å²) in [6, 6.07) is 4.23. The predicted octanol–water partition coefficient (Wildman–Crippen LogP) is 2.25. The predicted molar refractivity (Wildman–Crippen MR) is 62.0 cm³/mol. The maximum atomic E-state index is 5.69. The van der Waals surface area contributed by atoms with Gasteiger partial charge in [-0.1, -0.05) is 17.7 Å². The molecule has 1 aromatic rings. The summed E-state index contributed by atoms with van der Waals surface area (Å²) in [4.78, 5) is 4.02. The number of aromatic nitrogens is 1. The molecule has 84 valence electrons. The van der Waals surface area contributed by atoms with Gasteiger partial charge in [-0.3, -0.25) is 0 Å². The molecule has 4 heteroatoms. The fourth-order valence-corrected chi connectivity index (χ4v) is 1.31. The molecule has 0 bridgehead atoms. The van der Waals surface area contributed by atoms with Crippen LogP contribution in [0.25, 0.3) is 0 Å². The maximum Gasteiger partial charge on any atom is 0.129 e. The highest BCUT2D eigenvalue weighted by Gasteiger charge is 2.01. The second-order valence-corrected chi connectivity index (χ2v) is 3.94. The molecule has 0 fully saturated rings. The van der Waals surface area contributed by atoms with Gasteiger partial charge in [-0.25, -0.2) is 4.98 Å². The van der Waals surface area contributed by atoms with Crippen LogP contribution < -0.4 is 5.32 Å². The number of nitrogens with one attached hydrogen (secondary N) is 1. The third-order valence-electron chi connectivity index (χ3n) is 2.20. The van der Waals surface area contributed by atoms with Crippen molar-refractivity contribution in [3.63, 3.8) is 0 Å². The number of ether oxygens (including phenoxy) is 1. The molecule has 1 unspecified atom stereocenters. The van der Waals surface area contributed by atoms with Gasteiger partial charge in [0.1, 0.15) is 5.15 Å². The van der Waals surface area contributed by atoms with E-state index in [1.54, 1.807) is 19.4 Å². The molecular formula is C11H17ClN2O. The summed E-state index contributed by atoms with van der Waals surface area (Å²) >= 11 is 5.69. The fraction of sp³-hybridized carbons (Fsp3) is 0.545. The van der Waals surface area contributed by atoms with E-state index in [-0.39, 0.29) is 0 Å². The van der Waals surface area contributed by atoms with Gasteiger partial charge in [0.05, 0.1) is 0 Å². The van der Waals surface area contributed by atoms with Gasteiger partial charge in [-0.15, -0.1) is 0 Å². The molecule has 0 aliphatic heterocycles. The van der Waals surface area contributed by atoms with Crippen molar-refractivity contribution < 1.29 is 4.74 Å². The quantitative estimate of drug-likeness (QED) is 0.759. The molecule has 1 aromatic heterocycles. The van der Waals surface area contributed by atoms with Crippen molar-refractivity contribution in [3.05, 3.63) is 29.0 Å². The molecule has 0 radical (unpaired) electrons. The van der Waals surface area contributed by atoms with Gasteiger partial charge in [0.15, 0.2) is 0 Å². The first-order chi connectivity index (χ1) is 7.22. The molecular weight excluding hydrogens is 212 g/mol. The first-order valence-corrected chi connectivity index (χ1v) is 5.43. The lowest BCUT2D eigenvalue weighted by atomic mass is 10.2. The lowest BCUT2D eigenvalue weighted by molar-refractivity contribution is 0.184. The average molecular weight is 229 g/mol. The molecule has 1 N–H and O–H groups in total. The summed E-state index contributed by atoms with van der Waals surface area (Å²) in [6.07, 6.45) is 2.80. The second kappa shape index (κ2) is 6.77. The van der Waals surface area contributed by atoms with Crippen LogP contribution in [0, 0.1) is 0 Å². The van der Waals surface area contributed by atoms with Crippen molar-refractivity contribution in [2.45, 2.75) is 25.9 Å². The highest BCUT2D eigenvalue weighted by atomic mass is 35.5. The van der Waals surface area contributed by atoms with E-state index < -0.39 is 0 Å². The molecule has 1 rings (SSSR count). The standard InChI is InChI=1S/C11H17ClN2O/c1-9(5-6-15-2)13-7-10-3-4-11(12)14-8-10/h3-4,8-9,13H,5-7H2,1-2H3. The van der Waals surface area contributed by atoms with Crippen molar-refractivity contribution in [1.29, 1.82) is 0 Å². The highest BCUT2D eigenvalue weighted by Crippen LogP contribution is 2.05. The zero-order valence-electron chi connectivity index (χ0n) is 9.16. The highest BCUT2D eigenvalue weighted by molar-refractivity contribution is 6.29. The Bertz CT molecular complexity index is 276. The van der Waals surface area contributed by atoms with E-state index in [1.807, 2.05) is 6.07 Å². The van der Waals surface area contributed by atoms with Crippen LogP contribution in [0.1, 0.15) is 18.9 Å². The zero-order chi connectivity index (χ0) is 11.1. The van der Waals surface area contributed by atoms with E-state index in [9.17, 15) is 0 Å². The lowest BCUT2D eigenvalue weighted by Gasteiger charge is -2.12. The summed E-state index contributed by atoms with van der Waals surface area (Å²) < 4.78 is 5.01. The molecule has 1 atom stereocenters. The molecule has 1 heterocycles. The number of halogens is 1. The zero-order valence-corrected chi connectivity index (χ0v) is 9.92. The molecule has 0 saturated carbocycles. The number of hydrogen-bond acceptors (Lipinski definition) is 3. The molecule has 15 heavy (non-hydrogen) atoms. The van der Waals surface area contributed by atoms with E-state index in [1.165, 1.54) is 0 Å². The van der Waals surface area contributed by atoms with Gasteiger partial charge in [-0.05, 0) is 25.0 Å². The molecule has 0 aliphatic carbocycles. The molecule has 3 nitrogen and oxygen atoms in total. The Hall–Kier alpha value is -0.640. The minimum Gasteiger partial charge on any atom is -0.385 e. The number of pyridine rings is 1. The van der Waals surface area contributed by atoms with Crippen LogP contribution in [0.15, 0.2) is 18.3 Å². The Morgan fingerprint density at radius 1 is 1.53 bits per heavy atom. The lowest BCUT2D eigenvalue weighted by Crippen LogP contribution is -2.26. The van der Waals surface area contributed by atoms with E-state index in [0.717, 1.165) is 25.1 Å². The SMILES string of the molecule is COCCC(C)NCc1ccc(Cl)nc1. The Labute approximate surface area is 95.8 Å². The largest absolute Gasteiger partial charge is 0.385 e. The smallest absolute Gasteiger partial charge is 0.129 e. The summed E-state index contributed by atoms with van der Waals surface area (Å²) in [5.74, 6) is 0. The van der Waals surface area contributed by atoms with Gasteiger partial charge in [0.25, 0.3) is 0 Å². The number of nitrogens with zero attached hydrogens (tertiary/aromatic N) is 1. The summed E-state index contributed by atoms with van der Waals surface area (Å²) in [5.41, 5.74) is 1.14. The maximum absolute atomic E-state index is 5.69. The number of rotatable bonds is 6. The van der Waals surface area contributed by atoms with E-state index >= 15 is 0 Å². The Balaban J connectivity index is 2.27. The van der Waals surface area contributed by atoms with Crippen molar-refractivity contribution >= 4 is 11.6 Å². The number of hydrogen-bond donors (Lipinski definition) is 1. The Morgan fingerprint density at radius 3 is 2.93 bits per heavy atom. The molecule has 0 spiro atoms. The topological polar surface area (TPSA) is 34.1 Å². The molecule has 0 aliphatic rings. The molecule has 0 aromatic carbocycles. The van der Waals surface area contributed by atoms with Crippen molar-refractivity contribution in [2.75, 3.05) is 13.7 Å². The third kappa shape index (κ3) is 5.11. The first kappa shape index (κ1) is 12.4. The van der Waals surface area contributed by atoms with Gasteiger partial charge >= 0.3 is 0 Å². The van der Waals surface area contributed by atoms with Crippen molar-refractivity contribution in [3.8, 4) is 0 Å². The third-order valence-corrected chi connectivity index (χ3v) is 2.42. The van der Waals surface area contributed by atoms with Crippen LogP contribution >= 0.6 is 11.6 Å². The van der Waals surface area contributed by atoms with Crippen LogP contribution in [-0.4, -0.2) is 24.7 Å².